The number of anilines is 1. The summed E-state index contributed by atoms with van der Waals surface area (Å²) in [5.41, 5.74) is 3.81. The van der Waals surface area contributed by atoms with Gasteiger partial charge in [-0.2, -0.15) is 0 Å². The molecular formula is C21H25N3O3. The normalized spacial score (nSPS) is 28.0. The Bertz CT molecular complexity index is 804. The Hall–Kier alpha value is -2.63. The molecule has 6 nitrogen and oxygen atoms in total. The Morgan fingerprint density at radius 3 is 2.70 bits per heavy atom. The fourth-order valence-electron chi connectivity index (χ4n) is 4.32. The molecule has 6 heteroatoms. The lowest BCUT2D eigenvalue weighted by Gasteiger charge is -2.38. The van der Waals surface area contributed by atoms with Gasteiger partial charge < -0.3 is 4.90 Å². The summed E-state index contributed by atoms with van der Waals surface area (Å²) >= 11 is 0. The van der Waals surface area contributed by atoms with Crippen LogP contribution >= 0.6 is 0 Å². The van der Waals surface area contributed by atoms with Crippen LogP contribution in [0.5, 0.6) is 0 Å². The number of nitrogens with one attached hydrogen (secondary N) is 1. The molecule has 0 spiro atoms. The van der Waals surface area contributed by atoms with E-state index in [1.165, 1.54) is 5.01 Å². The number of likely N-dealkylation sites (tertiary alicyclic amines) is 1. The molecule has 3 amide bonds. The van der Waals surface area contributed by atoms with E-state index in [0.29, 0.717) is 30.0 Å². The van der Waals surface area contributed by atoms with Gasteiger partial charge in [-0.25, -0.2) is 5.01 Å². The molecule has 27 heavy (non-hydrogen) atoms. The number of carbonyl (C=O) groups excluding carboxylic acids is 3. The van der Waals surface area contributed by atoms with Gasteiger partial charge in [-0.1, -0.05) is 25.1 Å². The predicted molar refractivity (Wildman–Crippen MR) is 102 cm³/mol. The first kappa shape index (κ1) is 17.8. The summed E-state index contributed by atoms with van der Waals surface area (Å²) in [6, 6.07) is 7.00. The van der Waals surface area contributed by atoms with Gasteiger partial charge in [-0.05, 0) is 49.8 Å². The molecule has 2 heterocycles. The van der Waals surface area contributed by atoms with Crippen molar-refractivity contribution < 1.29 is 14.4 Å². The van der Waals surface area contributed by atoms with Gasteiger partial charge in [0.2, 0.25) is 11.8 Å². The van der Waals surface area contributed by atoms with Crippen molar-refractivity contribution in [2.75, 3.05) is 18.1 Å². The Morgan fingerprint density at radius 1 is 1.15 bits per heavy atom. The van der Waals surface area contributed by atoms with Gasteiger partial charge in [-0.15, -0.1) is 0 Å². The number of hydrogen-bond donors (Lipinski definition) is 1. The Labute approximate surface area is 159 Å². The number of rotatable bonds is 2. The van der Waals surface area contributed by atoms with Crippen LogP contribution in [0.4, 0.5) is 5.69 Å². The third-order valence-electron chi connectivity index (χ3n) is 5.82. The maximum absolute atomic E-state index is 12.9. The van der Waals surface area contributed by atoms with Crippen LogP contribution in [0.3, 0.4) is 0 Å². The molecule has 142 valence electrons. The maximum Gasteiger partial charge on any atom is 0.253 e. The number of piperidine rings is 1. The number of fused-ring (bicyclic) bond motifs is 1. The molecule has 1 aromatic rings. The number of benzene rings is 1. The van der Waals surface area contributed by atoms with Crippen LogP contribution in [0.25, 0.3) is 0 Å². The lowest BCUT2D eigenvalue weighted by molar-refractivity contribution is -0.139. The van der Waals surface area contributed by atoms with Gasteiger partial charge in [0, 0.05) is 18.7 Å². The van der Waals surface area contributed by atoms with E-state index in [9.17, 15) is 14.4 Å². The molecule has 2 fully saturated rings. The molecule has 0 bridgehead atoms. The maximum atomic E-state index is 12.9. The smallest absolute Gasteiger partial charge is 0.253 e. The molecule has 1 aromatic carbocycles. The van der Waals surface area contributed by atoms with Gasteiger partial charge in [0.25, 0.3) is 5.91 Å². The summed E-state index contributed by atoms with van der Waals surface area (Å²) in [6.45, 7) is 3.69. The average molecular weight is 367 g/mol. The largest absolute Gasteiger partial charge is 0.338 e. The second-order valence-electron chi connectivity index (χ2n) is 7.85. The number of amides is 3. The fraction of sp³-hybridized carbons (Fsp3) is 0.476. The molecule has 3 atom stereocenters. The van der Waals surface area contributed by atoms with Crippen molar-refractivity contribution >= 4 is 23.4 Å². The van der Waals surface area contributed by atoms with Gasteiger partial charge in [-0.3, -0.25) is 19.8 Å². The third kappa shape index (κ3) is 3.36. The summed E-state index contributed by atoms with van der Waals surface area (Å²) in [4.78, 5) is 40.1. The van der Waals surface area contributed by atoms with Crippen molar-refractivity contribution in [2.45, 2.75) is 32.6 Å². The molecular weight excluding hydrogens is 342 g/mol. The monoisotopic (exact) mass is 367 g/mol. The zero-order chi connectivity index (χ0) is 19.0. The molecule has 0 aromatic heterocycles. The van der Waals surface area contributed by atoms with Crippen LogP contribution in [-0.4, -0.2) is 35.7 Å². The van der Waals surface area contributed by atoms with Crippen LogP contribution in [0.1, 0.15) is 43.0 Å². The Balaban J connectivity index is 1.57. The van der Waals surface area contributed by atoms with Gasteiger partial charge in [0.15, 0.2) is 0 Å². The summed E-state index contributed by atoms with van der Waals surface area (Å²) in [7, 11) is 0. The minimum absolute atomic E-state index is 0.0161. The highest BCUT2D eigenvalue weighted by atomic mass is 16.2. The van der Waals surface area contributed by atoms with Crippen molar-refractivity contribution in [3.05, 3.63) is 42.0 Å². The van der Waals surface area contributed by atoms with E-state index in [-0.39, 0.29) is 29.6 Å². The molecule has 1 N–H and O–H groups in total. The van der Waals surface area contributed by atoms with E-state index in [2.05, 4.69) is 12.3 Å². The summed E-state index contributed by atoms with van der Waals surface area (Å²) < 4.78 is 0. The second kappa shape index (κ2) is 7.18. The Kier molecular flexibility index (Phi) is 4.72. The van der Waals surface area contributed by atoms with Crippen molar-refractivity contribution in [2.24, 2.45) is 17.8 Å². The third-order valence-corrected chi connectivity index (χ3v) is 5.82. The number of carbonyl (C=O) groups is 3. The van der Waals surface area contributed by atoms with Crippen molar-refractivity contribution in [3.8, 4) is 0 Å². The summed E-state index contributed by atoms with van der Waals surface area (Å²) in [5.74, 6) is -0.377. The summed E-state index contributed by atoms with van der Waals surface area (Å²) in [5, 5.41) is 1.32. The highest BCUT2D eigenvalue weighted by Crippen LogP contribution is 2.32. The molecule has 0 saturated carbocycles. The molecule has 3 unspecified atom stereocenters. The average Bonchev–Trinajstić information content (AvgIpc) is 2.70. The quantitative estimate of drug-likeness (QED) is 0.817. The van der Waals surface area contributed by atoms with E-state index in [0.717, 1.165) is 25.9 Å². The topological polar surface area (TPSA) is 69.7 Å². The first-order valence-corrected chi connectivity index (χ1v) is 9.73. The van der Waals surface area contributed by atoms with E-state index >= 15 is 0 Å². The van der Waals surface area contributed by atoms with Crippen LogP contribution in [0, 0.1) is 17.8 Å². The predicted octanol–water partition coefficient (Wildman–Crippen LogP) is 2.52. The van der Waals surface area contributed by atoms with E-state index in [1.54, 1.807) is 24.3 Å². The van der Waals surface area contributed by atoms with Gasteiger partial charge in [0.05, 0.1) is 17.5 Å². The lowest BCUT2D eigenvalue weighted by atomic mass is 9.80. The van der Waals surface area contributed by atoms with Gasteiger partial charge >= 0.3 is 0 Å². The van der Waals surface area contributed by atoms with Crippen LogP contribution < -0.4 is 10.4 Å². The van der Waals surface area contributed by atoms with Gasteiger partial charge in [0.1, 0.15) is 0 Å². The van der Waals surface area contributed by atoms with E-state index in [1.807, 2.05) is 17.1 Å². The van der Waals surface area contributed by atoms with Crippen molar-refractivity contribution in [1.29, 1.82) is 0 Å². The van der Waals surface area contributed by atoms with E-state index < -0.39 is 0 Å². The Morgan fingerprint density at radius 2 is 1.93 bits per heavy atom. The zero-order valence-corrected chi connectivity index (χ0v) is 15.6. The van der Waals surface area contributed by atoms with Crippen molar-refractivity contribution in [3.63, 3.8) is 0 Å². The van der Waals surface area contributed by atoms with Crippen LogP contribution in [-0.2, 0) is 9.59 Å². The van der Waals surface area contributed by atoms with E-state index in [4.69, 9.17) is 0 Å². The molecule has 1 aliphatic carbocycles. The minimum atomic E-state index is -0.328. The highest BCUT2D eigenvalue weighted by molar-refractivity contribution is 6.05. The second-order valence-corrected chi connectivity index (χ2v) is 7.85. The summed E-state index contributed by atoms with van der Waals surface area (Å²) in [6.07, 6.45) is 7.27. The van der Waals surface area contributed by atoms with Crippen LogP contribution in [0.15, 0.2) is 36.4 Å². The highest BCUT2D eigenvalue weighted by Gasteiger charge is 2.42. The number of hydrazine groups is 1. The molecule has 2 saturated heterocycles. The number of hydrogen-bond acceptors (Lipinski definition) is 3. The van der Waals surface area contributed by atoms with Crippen molar-refractivity contribution in [1.82, 2.24) is 10.3 Å². The molecule has 0 radical (unpaired) electrons. The van der Waals surface area contributed by atoms with Crippen LogP contribution in [0.2, 0.25) is 0 Å². The first-order chi connectivity index (χ1) is 13.0. The molecule has 4 rings (SSSR count). The fourth-order valence-corrected chi connectivity index (χ4v) is 4.32. The molecule has 3 aliphatic rings. The standard InChI is InChI=1S/C21H25N3O3/c1-14-6-5-11-23(13-14)20(26)15-7-4-8-16(12-15)24-21(27)18-10-3-2-9-17(18)19(25)22-24/h2-4,7-8,12,14,17-18H,5-6,9-11,13H2,1H3,(H,22,25). The lowest BCUT2D eigenvalue weighted by Crippen LogP contribution is -2.59. The minimum Gasteiger partial charge on any atom is -0.338 e. The SMILES string of the molecule is CC1CCCN(C(=O)c2cccc(N3NC(=O)C4CC=CCC4C3=O)c2)C1. The molecule has 2 aliphatic heterocycles. The zero-order valence-electron chi connectivity index (χ0n) is 15.6. The number of allylic oxidation sites excluding steroid dienone is 2. The first-order valence-electron chi connectivity index (χ1n) is 9.73. The number of nitrogens with zero attached hydrogens (tertiary/aromatic N) is 2.